The number of alkyl halides is 1. The summed E-state index contributed by atoms with van der Waals surface area (Å²) in [6.07, 6.45) is 1.42. The zero-order chi connectivity index (χ0) is 22.2. The normalized spacial score (nSPS) is 26.0. The first-order chi connectivity index (χ1) is 14.8. The summed E-state index contributed by atoms with van der Waals surface area (Å²) in [4.78, 5) is 15.1. The lowest BCUT2D eigenvalue weighted by Crippen LogP contribution is -2.48. The number of carbonyl (C=O) groups is 1. The van der Waals surface area contributed by atoms with Gasteiger partial charge in [-0.1, -0.05) is 18.2 Å². The van der Waals surface area contributed by atoms with Crippen LogP contribution < -0.4 is 9.47 Å². The van der Waals surface area contributed by atoms with Gasteiger partial charge in [0.1, 0.15) is 11.5 Å². The topological polar surface area (TPSA) is 38.8 Å². The van der Waals surface area contributed by atoms with Gasteiger partial charge >= 0.3 is 0 Å². The summed E-state index contributed by atoms with van der Waals surface area (Å²) in [5, 5.41) is 0. The number of carbonyl (C=O) groups excluding carboxylic acids is 1. The molecular formula is C25H29F2NO3. The number of ether oxygens (including phenoxy) is 2. The molecule has 3 atom stereocenters. The Morgan fingerprint density at radius 1 is 1.16 bits per heavy atom. The number of benzene rings is 2. The van der Waals surface area contributed by atoms with Crippen LogP contribution in [0.15, 0.2) is 36.4 Å². The molecule has 4 nitrogen and oxygen atoms in total. The minimum absolute atomic E-state index is 0.0191. The second kappa shape index (κ2) is 8.58. The van der Waals surface area contributed by atoms with Gasteiger partial charge in [0, 0.05) is 36.2 Å². The predicted molar refractivity (Wildman–Crippen MR) is 115 cm³/mol. The van der Waals surface area contributed by atoms with E-state index >= 15 is 4.39 Å². The molecule has 0 bridgehead atoms. The van der Waals surface area contributed by atoms with E-state index in [2.05, 4.69) is 4.90 Å². The highest BCUT2D eigenvalue weighted by molar-refractivity contribution is 6.03. The second-order valence-corrected chi connectivity index (χ2v) is 8.85. The van der Waals surface area contributed by atoms with Crippen molar-refractivity contribution >= 4 is 5.78 Å². The fourth-order valence-corrected chi connectivity index (χ4v) is 5.09. The van der Waals surface area contributed by atoms with Gasteiger partial charge in [-0.25, -0.2) is 8.78 Å². The van der Waals surface area contributed by atoms with Gasteiger partial charge < -0.3 is 9.47 Å². The van der Waals surface area contributed by atoms with Gasteiger partial charge in [0.2, 0.25) is 0 Å². The molecule has 2 aliphatic rings. The highest BCUT2D eigenvalue weighted by Gasteiger charge is 2.44. The Morgan fingerprint density at radius 2 is 1.87 bits per heavy atom. The lowest BCUT2D eigenvalue weighted by atomic mass is 9.80. The number of hydrogen-bond donors (Lipinski definition) is 0. The van der Waals surface area contributed by atoms with Crippen molar-refractivity contribution in [3.8, 4) is 11.5 Å². The highest BCUT2D eigenvalue weighted by Crippen LogP contribution is 2.43. The zero-order valence-electron chi connectivity index (χ0n) is 18.3. The number of rotatable bonds is 6. The highest BCUT2D eigenvalue weighted by atomic mass is 19.1. The first-order valence-corrected chi connectivity index (χ1v) is 10.8. The molecule has 31 heavy (non-hydrogen) atoms. The van der Waals surface area contributed by atoms with E-state index in [0.29, 0.717) is 55.0 Å². The van der Waals surface area contributed by atoms with Crippen LogP contribution in [0.3, 0.4) is 0 Å². The molecule has 1 saturated heterocycles. The Morgan fingerprint density at radius 3 is 2.55 bits per heavy atom. The van der Waals surface area contributed by atoms with Gasteiger partial charge in [0.25, 0.3) is 0 Å². The van der Waals surface area contributed by atoms with Crippen LogP contribution in [-0.2, 0) is 13.0 Å². The summed E-state index contributed by atoms with van der Waals surface area (Å²) < 4.78 is 40.5. The van der Waals surface area contributed by atoms with Crippen LogP contribution in [0.25, 0.3) is 0 Å². The third-order valence-electron chi connectivity index (χ3n) is 6.79. The molecule has 1 aliphatic heterocycles. The van der Waals surface area contributed by atoms with Gasteiger partial charge in [0.05, 0.1) is 14.2 Å². The predicted octanol–water partition coefficient (Wildman–Crippen LogP) is 4.98. The van der Waals surface area contributed by atoms with Crippen molar-refractivity contribution in [2.45, 2.75) is 50.9 Å². The van der Waals surface area contributed by atoms with Crippen molar-refractivity contribution in [3.63, 3.8) is 0 Å². The SMILES string of the molecule is COc1cc2c(cc1OC)C(=O)C(CC1(F)CCN(Cc3ccccc3F)C(C)C1)C2. The van der Waals surface area contributed by atoms with Crippen LogP contribution in [0.5, 0.6) is 11.5 Å². The number of halogens is 2. The molecular weight excluding hydrogens is 400 g/mol. The molecule has 3 unspecified atom stereocenters. The van der Waals surface area contributed by atoms with Gasteiger partial charge in [-0.3, -0.25) is 9.69 Å². The number of likely N-dealkylation sites (tertiary alicyclic amines) is 1. The van der Waals surface area contributed by atoms with Crippen molar-refractivity contribution in [1.82, 2.24) is 4.90 Å². The van der Waals surface area contributed by atoms with Crippen LogP contribution in [-0.4, -0.2) is 43.2 Å². The number of ketones is 1. The maximum atomic E-state index is 15.9. The first kappa shape index (κ1) is 21.8. The van der Waals surface area contributed by atoms with Gasteiger partial charge in [-0.2, -0.15) is 0 Å². The Kier molecular flexibility index (Phi) is 6.02. The molecule has 1 fully saturated rings. The molecule has 166 valence electrons. The number of nitrogens with zero attached hydrogens (tertiary/aromatic N) is 1. The summed E-state index contributed by atoms with van der Waals surface area (Å²) in [7, 11) is 3.10. The summed E-state index contributed by atoms with van der Waals surface area (Å²) in [5.74, 6) is 0.475. The Labute approximate surface area is 182 Å². The number of hydrogen-bond acceptors (Lipinski definition) is 4. The lowest BCUT2D eigenvalue weighted by Gasteiger charge is -2.42. The van der Waals surface area contributed by atoms with E-state index < -0.39 is 5.67 Å². The molecule has 0 saturated carbocycles. The minimum atomic E-state index is -1.40. The van der Waals surface area contributed by atoms with Crippen molar-refractivity contribution in [2.75, 3.05) is 20.8 Å². The minimum Gasteiger partial charge on any atom is -0.493 e. The molecule has 0 spiro atoms. The summed E-state index contributed by atoms with van der Waals surface area (Å²) in [6, 6.07) is 10.2. The second-order valence-electron chi connectivity index (χ2n) is 8.85. The average molecular weight is 430 g/mol. The maximum absolute atomic E-state index is 15.9. The van der Waals surface area contributed by atoms with E-state index in [1.165, 1.54) is 13.2 Å². The number of Topliss-reactive ketones (excluding diaryl/α,β-unsaturated/α-hetero) is 1. The van der Waals surface area contributed by atoms with E-state index in [1.807, 2.05) is 19.1 Å². The van der Waals surface area contributed by atoms with Crippen molar-refractivity contribution in [2.24, 2.45) is 5.92 Å². The molecule has 2 aromatic rings. The smallest absolute Gasteiger partial charge is 0.166 e. The van der Waals surface area contributed by atoms with E-state index in [0.717, 1.165) is 5.56 Å². The number of fused-ring (bicyclic) bond motifs is 1. The lowest BCUT2D eigenvalue weighted by molar-refractivity contribution is 0.00467. The van der Waals surface area contributed by atoms with Crippen LogP contribution in [0.1, 0.15) is 47.7 Å². The fraction of sp³-hybridized carbons (Fsp3) is 0.480. The monoisotopic (exact) mass is 429 g/mol. The molecule has 0 aromatic heterocycles. The summed E-state index contributed by atoms with van der Waals surface area (Å²) in [6.45, 7) is 2.99. The third kappa shape index (κ3) is 4.31. The summed E-state index contributed by atoms with van der Waals surface area (Å²) >= 11 is 0. The van der Waals surface area contributed by atoms with E-state index in [-0.39, 0.29) is 30.0 Å². The molecule has 2 aromatic carbocycles. The Bertz CT molecular complexity index is 979. The quantitative estimate of drug-likeness (QED) is 0.649. The van der Waals surface area contributed by atoms with E-state index in [1.54, 1.807) is 25.3 Å². The molecule has 6 heteroatoms. The van der Waals surface area contributed by atoms with Gasteiger partial charge in [0.15, 0.2) is 17.3 Å². The fourth-order valence-electron chi connectivity index (χ4n) is 5.09. The zero-order valence-corrected chi connectivity index (χ0v) is 18.3. The van der Waals surface area contributed by atoms with Crippen LogP contribution >= 0.6 is 0 Å². The third-order valence-corrected chi connectivity index (χ3v) is 6.79. The van der Waals surface area contributed by atoms with Crippen LogP contribution in [0, 0.1) is 11.7 Å². The van der Waals surface area contributed by atoms with Crippen LogP contribution in [0.2, 0.25) is 0 Å². The van der Waals surface area contributed by atoms with E-state index in [4.69, 9.17) is 9.47 Å². The molecule has 0 radical (unpaired) electrons. The number of methoxy groups -OCH3 is 2. The van der Waals surface area contributed by atoms with Gasteiger partial charge in [-0.05, 0) is 56.4 Å². The molecule has 0 N–H and O–H groups in total. The van der Waals surface area contributed by atoms with Crippen molar-refractivity contribution in [3.05, 3.63) is 58.9 Å². The maximum Gasteiger partial charge on any atom is 0.166 e. The molecule has 1 heterocycles. The molecule has 4 rings (SSSR count). The average Bonchev–Trinajstić information content (AvgIpc) is 3.04. The standard InChI is InChI=1S/C25H29F2NO3/c1-16-13-25(27,8-9-28(16)15-17-6-4-5-7-21(17)26)14-19-10-18-11-22(30-2)23(31-3)12-20(18)24(19)29/h4-7,11-12,16,19H,8-10,13-15H2,1-3H3. The molecule has 0 amide bonds. The number of piperidine rings is 1. The Hall–Kier alpha value is -2.47. The van der Waals surface area contributed by atoms with Gasteiger partial charge in [-0.15, -0.1) is 0 Å². The van der Waals surface area contributed by atoms with Crippen molar-refractivity contribution in [1.29, 1.82) is 0 Å². The van der Waals surface area contributed by atoms with Crippen molar-refractivity contribution < 1.29 is 23.0 Å². The van der Waals surface area contributed by atoms with Crippen LogP contribution in [0.4, 0.5) is 8.78 Å². The Balaban J connectivity index is 1.43. The molecule has 1 aliphatic carbocycles. The first-order valence-electron chi connectivity index (χ1n) is 10.8. The van der Waals surface area contributed by atoms with E-state index in [9.17, 15) is 9.18 Å². The summed E-state index contributed by atoms with van der Waals surface area (Å²) in [5.41, 5.74) is 0.726. The largest absolute Gasteiger partial charge is 0.493 e.